The van der Waals surface area contributed by atoms with E-state index in [0.29, 0.717) is 0 Å². The lowest BCUT2D eigenvalue weighted by atomic mass is 9.88. The number of para-hydroxylation sites is 1. The number of anilines is 3. The lowest BCUT2D eigenvalue weighted by molar-refractivity contribution is 1.28. The Bertz CT molecular complexity index is 2960. The Hall–Kier alpha value is -7.00. The fourth-order valence-electron chi connectivity index (χ4n) is 8.08. The minimum Gasteiger partial charge on any atom is -0.310 e. The van der Waals surface area contributed by atoms with E-state index >= 15 is 0 Å². The van der Waals surface area contributed by atoms with E-state index in [1.807, 2.05) is 11.3 Å². The van der Waals surface area contributed by atoms with Gasteiger partial charge in [0.25, 0.3) is 0 Å². The first-order valence-corrected chi connectivity index (χ1v) is 19.9. The van der Waals surface area contributed by atoms with E-state index < -0.39 is 0 Å². The summed E-state index contributed by atoms with van der Waals surface area (Å²) >= 11 is 1.87. The SMILES string of the molecule is c1ccc(-c2cccc(N(c3ccc(-c4cccc5c4sc4ccccc45)cc3)c3ccccc3-c3ccccc3-c3ccccc3-c3ccccc3)c2)cc1. The van der Waals surface area contributed by atoms with Crippen LogP contribution in [-0.4, -0.2) is 0 Å². The van der Waals surface area contributed by atoms with Crippen LogP contribution in [0.2, 0.25) is 0 Å². The topological polar surface area (TPSA) is 3.24 Å². The minimum atomic E-state index is 1.09. The summed E-state index contributed by atoms with van der Waals surface area (Å²) in [6.07, 6.45) is 0. The number of hydrogen-bond acceptors (Lipinski definition) is 2. The molecule has 0 saturated carbocycles. The average molecular weight is 732 g/mol. The summed E-state index contributed by atoms with van der Waals surface area (Å²) in [4.78, 5) is 2.42. The molecule has 0 aliphatic rings. The van der Waals surface area contributed by atoms with Crippen LogP contribution in [0.15, 0.2) is 224 Å². The molecule has 0 saturated heterocycles. The first-order chi connectivity index (χ1) is 27.8. The van der Waals surface area contributed by atoms with Gasteiger partial charge < -0.3 is 4.90 Å². The Balaban J connectivity index is 1.14. The quantitative estimate of drug-likeness (QED) is 0.150. The van der Waals surface area contributed by atoms with Crippen LogP contribution >= 0.6 is 11.3 Å². The van der Waals surface area contributed by atoms with Crippen molar-refractivity contribution < 1.29 is 0 Å². The molecule has 0 radical (unpaired) electrons. The van der Waals surface area contributed by atoms with Gasteiger partial charge in [0, 0.05) is 37.1 Å². The van der Waals surface area contributed by atoms with Gasteiger partial charge in [-0.2, -0.15) is 0 Å². The zero-order valence-electron chi connectivity index (χ0n) is 30.7. The van der Waals surface area contributed by atoms with E-state index in [4.69, 9.17) is 0 Å². The normalized spacial score (nSPS) is 11.2. The molecular formula is C54H37NS. The molecule has 0 amide bonds. The standard InChI is InChI=1S/C54H37NS/c1-3-17-38(18-4-1)41-21-15-22-43(37-41)55(42-35-33-40(34-36-42)45-29-16-30-51-50-28-12-14-32-53(50)56-54(45)51)52-31-13-11-27-49(52)48-26-10-9-25-47(48)46-24-8-7-23-44(46)39-19-5-2-6-20-39/h1-37H. The van der Waals surface area contributed by atoms with Crippen LogP contribution in [0.25, 0.3) is 75.8 Å². The van der Waals surface area contributed by atoms with Crippen molar-refractivity contribution in [1.29, 1.82) is 0 Å². The summed E-state index contributed by atoms with van der Waals surface area (Å²) in [6.45, 7) is 0. The summed E-state index contributed by atoms with van der Waals surface area (Å²) < 4.78 is 2.64. The molecule has 0 aliphatic carbocycles. The van der Waals surface area contributed by atoms with Crippen LogP contribution in [0.3, 0.4) is 0 Å². The van der Waals surface area contributed by atoms with Crippen molar-refractivity contribution in [1.82, 2.24) is 0 Å². The van der Waals surface area contributed by atoms with E-state index in [0.717, 1.165) is 22.6 Å². The number of nitrogens with zero attached hydrogens (tertiary/aromatic N) is 1. The second kappa shape index (κ2) is 14.7. The lowest BCUT2D eigenvalue weighted by Gasteiger charge is -2.29. The van der Waals surface area contributed by atoms with Gasteiger partial charge in [-0.25, -0.2) is 0 Å². The fourth-order valence-corrected chi connectivity index (χ4v) is 9.32. The Kier molecular flexibility index (Phi) is 8.79. The Labute approximate surface area is 332 Å². The van der Waals surface area contributed by atoms with E-state index in [1.165, 1.54) is 70.2 Å². The van der Waals surface area contributed by atoms with Crippen molar-refractivity contribution in [3.8, 4) is 55.6 Å². The number of fused-ring (bicyclic) bond motifs is 3. The van der Waals surface area contributed by atoms with Crippen molar-refractivity contribution in [2.45, 2.75) is 0 Å². The monoisotopic (exact) mass is 731 g/mol. The Morgan fingerprint density at radius 2 is 0.786 bits per heavy atom. The zero-order chi connectivity index (χ0) is 37.3. The maximum absolute atomic E-state index is 2.42. The molecule has 0 N–H and O–H groups in total. The third-order valence-electron chi connectivity index (χ3n) is 10.7. The molecule has 0 fully saturated rings. The molecule has 10 aromatic rings. The van der Waals surface area contributed by atoms with Gasteiger partial charge in [-0.3, -0.25) is 0 Å². The number of hydrogen-bond donors (Lipinski definition) is 0. The Morgan fingerprint density at radius 3 is 1.54 bits per heavy atom. The zero-order valence-corrected chi connectivity index (χ0v) is 31.5. The highest BCUT2D eigenvalue weighted by molar-refractivity contribution is 7.26. The van der Waals surface area contributed by atoms with Crippen molar-refractivity contribution in [3.05, 3.63) is 224 Å². The molecule has 9 aromatic carbocycles. The van der Waals surface area contributed by atoms with E-state index in [1.54, 1.807) is 0 Å². The summed E-state index contributed by atoms with van der Waals surface area (Å²) in [5, 5.41) is 2.63. The van der Waals surface area contributed by atoms with Gasteiger partial charge in [0.05, 0.1) is 5.69 Å². The number of rotatable bonds is 8. The molecule has 0 bridgehead atoms. The maximum Gasteiger partial charge on any atom is 0.0540 e. The van der Waals surface area contributed by atoms with E-state index in [2.05, 4.69) is 229 Å². The average Bonchev–Trinajstić information content (AvgIpc) is 3.67. The molecule has 2 heteroatoms. The van der Waals surface area contributed by atoms with Gasteiger partial charge in [0.2, 0.25) is 0 Å². The van der Waals surface area contributed by atoms with Gasteiger partial charge in [0.1, 0.15) is 0 Å². The van der Waals surface area contributed by atoms with Gasteiger partial charge in [-0.1, -0.05) is 188 Å². The second-order valence-electron chi connectivity index (χ2n) is 14.1. The molecule has 1 aromatic heterocycles. The van der Waals surface area contributed by atoms with Gasteiger partial charge in [-0.15, -0.1) is 11.3 Å². The van der Waals surface area contributed by atoms with Crippen LogP contribution in [0.1, 0.15) is 0 Å². The molecule has 0 atom stereocenters. The summed E-state index contributed by atoms with van der Waals surface area (Å²) in [7, 11) is 0. The molecule has 0 spiro atoms. The van der Waals surface area contributed by atoms with Crippen LogP contribution < -0.4 is 4.90 Å². The van der Waals surface area contributed by atoms with Crippen molar-refractivity contribution in [2.75, 3.05) is 4.90 Å². The third kappa shape index (κ3) is 6.17. The van der Waals surface area contributed by atoms with Crippen LogP contribution in [0, 0.1) is 0 Å². The minimum absolute atomic E-state index is 1.09. The smallest absolute Gasteiger partial charge is 0.0540 e. The van der Waals surface area contributed by atoms with Gasteiger partial charge >= 0.3 is 0 Å². The predicted molar refractivity (Wildman–Crippen MR) is 241 cm³/mol. The number of benzene rings is 9. The highest BCUT2D eigenvalue weighted by atomic mass is 32.1. The van der Waals surface area contributed by atoms with E-state index in [-0.39, 0.29) is 0 Å². The fraction of sp³-hybridized carbons (Fsp3) is 0. The number of thiophene rings is 1. The predicted octanol–water partition coefficient (Wildman–Crippen LogP) is 15.9. The maximum atomic E-state index is 2.42. The molecule has 1 nitrogen and oxygen atoms in total. The lowest BCUT2D eigenvalue weighted by Crippen LogP contribution is -2.11. The van der Waals surface area contributed by atoms with Crippen LogP contribution in [0.4, 0.5) is 17.1 Å². The summed E-state index contributed by atoms with van der Waals surface area (Å²) in [6, 6.07) is 81.3. The molecule has 56 heavy (non-hydrogen) atoms. The van der Waals surface area contributed by atoms with Crippen molar-refractivity contribution in [3.63, 3.8) is 0 Å². The first-order valence-electron chi connectivity index (χ1n) is 19.1. The summed E-state index contributed by atoms with van der Waals surface area (Å²) in [5.74, 6) is 0. The molecule has 264 valence electrons. The molecule has 0 aliphatic heterocycles. The van der Waals surface area contributed by atoms with Gasteiger partial charge in [-0.05, 0) is 86.5 Å². The van der Waals surface area contributed by atoms with Crippen molar-refractivity contribution >= 4 is 48.6 Å². The molecular weight excluding hydrogens is 695 g/mol. The highest BCUT2D eigenvalue weighted by Gasteiger charge is 2.21. The Morgan fingerprint density at radius 1 is 0.286 bits per heavy atom. The van der Waals surface area contributed by atoms with Crippen molar-refractivity contribution in [2.24, 2.45) is 0 Å². The summed E-state index contributed by atoms with van der Waals surface area (Å²) in [5.41, 5.74) is 15.3. The second-order valence-corrected chi connectivity index (χ2v) is 15.1. The van der Waals surface area contributed by atoms with Gasteiger partial charge in [0.15, 0.2) is 0 Å². The largest absolute Gasteiger partial charge is 0.310 e. The van der Waals surface area contributed by atoms with Crippen LogP contribution in [0.5, 0.6) is 0 Å². The van der Waals surface area contributed by atoms with Crippen LogP contribution in [-0.2, 0) is 0 Å². The van der Waals surface area contributed by atoms with E-state index in [9.17, 15) is 0 Å². The first kappa shape index (κ1) is 33.6. The third-order valence-corrected chi connectivity index (χ3v) is 11.9. The molecule has 10 rings (SSSR count). The highest BCUT2D eigenvalue weighted by Crippen LogP contribution is 2.46. The molecule has 1 heterocycles. The molecule has 0 unspecified atom stereocenters.